The summed E-state index contributed by atoms with van der Waals surface area (Å²) in [5.41, 5.74) is 0.226. The number of ether oxygens (including phenoxy) is 2. The lowest BCUT2D eigenvalue weighted by atomic mass is 10.2. The molecule has 0 aliphatic carbocycles. The summed E-state index contributed by atoms with van der Waals surface area (Å²) >= 11 is 1.11. The van der Waals surface area contributed by atoms with Crippen molar-refractivity contribution in [1.29, 1.82) is 0 Å². The maximum absolute atomic E-state index is 14.1. The van der Waals surface area contributed by atoms with Gasteiger partial charge in [0.15, 0.2) is 22.8 Å². The lowest BCUT2D eigenvalue weighted by Crippen LogP contribution is -2.37. The first kappa shape index (κ1) is 20.5. The van der Waals surface area contributed by atoms with Crippen LogP contribution in [0, 0.1) is 11.6 Å². The number of halogens is 2. The molecule has 0 fully saturated rings. The molecule has 1 aromatic heterocycles. The number of para-hydroxylation sites is 3. The Morgan fingerprint density at radius 1 is 0.969 bits per heavy atom. The predicted molar refractivity (Wildman–Crippen MR) is 118 cm³/mol. The SMILES string of the molecule is O=c1c2ccccc2nc(SCc2c(F)cccc2F)n1C[C@@H]1COc2ccccc2O1. The first-order chi connectivity index (χ1) is 15.6. The van der Waals surface area contributed by atoms with Crippen LogP contribution in [0.2, 0.25) is 0 Å². The number of hydrogen-bond acceptors (Lipinski definition) is 5. The van der Waals surface area contributed by atoms with Gasteiger partial charge in [0.1, 0.15) is 18.2 Å². The van der Waals surface area contributed by atoms with Gasteiger partial charge in [-0.1, -0.05) is 42.1 Å². The van der Waals surface area contributed by atoms with Crippen LogP contribution in [-0.2, 0) is 12.3 Å². The molecular weight excluding hydrogens is 434 g/mol. The van der Waals surface area contributed by atoms with E-state index in [2.05, 4.69) is 4.98 Å². The third kappa shape index (κ3) is 3.93. The van der Waals surface area contributed by atoms with Crippen LogP contribution in [0.15, 0.2) is 76.7 Å². The molecule has 0 amide bonds. The van der Waals surface area contributed by atoms with Crippen LogP contribution in [-0.4, -0.2) is 22.3 Å². The Bertz CT molecular complexity index is 1340. The summed E-state index contributed by atoms with van der Waals surface area (Å²) in [5.74, 6) is -0.0140. The Balaban J connectivity index is 1.49. The molecule has 0 spiro atoms. The van der Waals surface area contributed by atoms with E-state index in [9.17, 15) is 13.6 Å². The number of thioether (sulfide) groups is 1. The van der Waals surface area contributed by atoms with E-state index in [0.29, 0.717) is 27.6 Å². The smallest absolute Gasteiger partial charge is 0.262 e. The molecular formula is C24H18F2N2O3S. The highest BCUT2D eigenvalue weighted by Gasteiger charge is 2.24. The van der Waals surface area contributed by atoms with Gasteiger partial charge in [0.05, 0.1) is 17.4 Å². The Morgan fingerprint density at radius 3 is 2.50 bits per heavy atom. The van der Waals surface area contributed by atoms with Gasteiger partial charge in [-0.15, -0.1) is 0 Å². The topological polar surface area (TPSA) is 53.4 Å². The minimum absolute atomic E-state index is 0.00581. The molecule has 32 heavy (non-hydrogen) atoms. The highest BCUT2D eigenvalue weighted by Crippen LogP contribution is 2.32. The monoisotopic (exact) mass is 452 g/mol. The maximum Gasteiger partial charge on any atom is 0.262 e. The van der Waals surface area contributed by atoms with E-state index in [1.807, 2.05) is 18.2 Å². The van der Waals surface area contributed by atoms with E-state index >= 15 is 0 Å². The average molecular weight is 452 g/mol. The van der Waals surface area contributed by atoms with Crippen LogP contribution in [0.1, 0.15) is 5.56 Å². The highest BCUT2D eigenvalue weighted by atomic mass is 32.2. The number of aromatic nitrogens is 2. The summed E-state index contributed by atoms with van der Waals surface area (Å²) in [6, 6.07) is 18.1. The van der Waals surface area contributed by atoms with Gasteiger partial charge in [-0.2, -0.15) is 0 Å². The molecule has 0 bridgehead atoms. The lowest BCUT2D eigenvalue weighted by Gasteiger charge is -2.27. The zero-order valence-corrected chi connectivity index (χ0v) is 17.6. The minimum Gasteiger partial charge on any atom is -0.486 e. The predicted octanol–water partition coefficient (Wildman–Crippen LogP) is 4.81. The summed E-state index contributed by atoms with van der Waals surface area (Å²) in [4.78, 5) is 17.9. The third-order valence-corrected chi connectivity index (χ3v) is 6.19. The average Bonchev–Trinajstić information content (AvgIpc) is 2.81. The van der Waals surface area contributed by atoms with E-state index in [4.69, 9.17) is 9.47 Å². The van der Waals surface area contributed by atoms with Crippen LogP contribution >= 0.6 is 11.8 Å². The first-order valence-electron chi connectivity index (χ1n) is 10.0. The van der Waals surface area contributed by atoms with Crippen LogP contribution in [0.5, 0.6) is 11.5 Å². The Morgan fingerprint density at radius 2 is 1.69 bits per heavy atom. The molecule has 5 rings (SSSR count). The van der Waals surface area contributed by atoms with Crippen LogP contribution < -0.4 is 15.0 Å². The van der Waals surface area contributed by atoms with Crippen molar-refractivity contribution < 1.29 is 18.3 Å². The molecule has 0 unspecified atom stereocenters. The van der Waals surface area contributed by atoms with Gasteiger partial charge >= 0.3 is 0 Å². The van der Waals surface area contributed by atoms with Crippen molar-refractivity contribution in [2.75, 3.05) is 6.61 Å². The number of hydrogen-bond donors (Lipinski definition) is 0. The van der Waals surface area contributed by atoms with E-state index in [0.717, 1.165) is 11.8 Å². The fourth-order valence-electron chi connectivity index (χ4n) is 3.58. The van der Waals surface area contributed by atoms with Crippen molar-refractivity contribution in [3.8, 4) is 11.5 Å². The number of benzene rings is 3. The van der Waals surface area contributed by atoms with Gasteiger partial charge in [0.25, 0.3) is 5.56 Å². The van der Waals surface area contributed by atoms with Gasteiger partial charge < -0.3 is 9.47 Å². The molecule has 0 saturated heterocycles. The number of nitrogens with zero attached hydrogens (tertiary/aromatic N) is 2. The van der Waals surface area contributed by atoms with Gasteiger partial charge in [0, 0.05) is 11.3 Å². The second kappa shape index (κ2) is 8.63. The van der Waals surface area contributed by atoms with Crippen LogP contribution in [0.3, 0.4) is 0 Å². The second-order valence-corrected chi connectivity index (χ2v) is 8.26. The van der Waals surface area contributed by atoms with Gasteiger partial charge in [-0.3, -0.25) is 9.36 Å². The Hall–Kier alpha value is -3.39. The quantitative estimate of drug-likeness (QED) is 0.321. The standard InChI is InChI=1S/C24H18F2N2O3S/c25-18-7-5-8-19(26)17(18)14-32-24-27-20-9-2-1-6-16(20)23(29)28(24)12-15-13-30-21-10-3-4-11-22(21)31-15/h1-11,15H,12-14H2/t15-/m1/s1. The van der Waals surface area contributed by atoms with E-state index in [1.54, 1.807) is 30.3 Å². The van der Waals surface area contributed by atoms with Crippen molar-refractivity contribution in [3.05, 3.63) is 94.3 Å². The van der Waals surface area contributed by atoms with Crippen molar-refractivity contribution in [2.45, 2.75) is 23.6 Å². The van der Waals surface area contributed by atoms with E-state index in [-0.39, 0.29) is 30.0 Å². The van der Waals surface area contributed by atoms with Crippen molar-refractivity contribution in [3.63, 3.8) is 0 Å². The molecule has 1 atom stereocenters. The molecule has 0 radical (unpaired) electrons. The molecule has 1 aliphatic heterocycles. The number of rotatable bonds is 5. The zero-order chi connectivity index (χ0) is 22.1. The maximum atomic E-state index is 14.1. The molecule has 162 valence electrons. The fraction of sp³-hybridized carbons (Fsp3) is 0.167. The summed E-state index contributed by atoms with van der Waals surface area (Å²) in [6.07, 6.45) is -0.421. The summed E-state index contributed by atoms with van der Waals surface area (Å²) in [5, 5.41) is 0.824. The Labute approximate surface area is 186 Å². The Kier molecular flexibility index (Phi) is 5.53. The molecule has 8 heteroatoms. The van der Waals surface area contributed by atoms with Gasteiger partial charge in [-0.05, 0) is 36.4 Å². The first-order valence-corrected chi connectivity index (χ1v) is 11.0. The largest absolute Gasteiger partial charge is 0.486 e. The van der Waals surface area contributed by atoms with Crippen LogP contribution in [0.25, 0.3) is 10.9 Å². The van der Waals surface area contributed by atoms with E-state index in [1.165, 1.54) is 22.8 Å². The van der Waals surface area contributed by atoms with Crippen molar-refractivity contribution >= 4 is 22.7 Å². The van der Waals surface area contributed by atoms with Crippen molar-refractivity contribution in [1.82, 2.24) is 9.55 Å². The van der Waals surface area contributed by atoms with Crippen molar-refractivity contribution in [2.24, 2.45) is 0 Å². The summed E-state index contributed by atoms with van der Waals surface area (Å²) in [7, 11) is 0. The molecule has 2 heterocycles. The summed E-state index contributed by atoms with van der Waals surface area (Å²) in [6.45, 7) is 0.454. The molecule has 0 saturated carbocycles. The molecule has 4 aromatic rings. The molecule has 3 aromatic carbocycles. The molecule has 5 nitrogen and oxygen atoms in total. The fourth-order valence-corrected chi connectivity index (χ4v) is 4.61. The zero-order valence-electron chi connectivity index (χ0n) is 16.8. The molecule has 1 aliphatic rings. The van der Waals surface area contributed by atoms with Gasteiger partial charge in [0.2, 0.25) is 0 Å². The van der Waals surface area contributed by atoms with E-state index < -0.39 is 17.7 Å². The minimum atomic E-state index is -0.632. The summed E-state index contributed by atoms with van der Waals surface area (Å²) < 4.78 is 41.5. The number of fused-ring (bicyclic) bond motifs is 2. The lowest BCUT2D eigenvalue weighted by molar-refractivity contribution is 0.0757. The van der Waals surface area contributed by atoms with Gasteiger partial charge in [-0.25, -0.2) is 13.8 Å². The normalized spacial score (nSPS) is 15.1. The highest BCUT2D eigenvalue weighted by molar-refractivity contribution is 7.98. The second-order valence-electron chi connectivity index (χ2n) is 7.31. The van der Waals surface area contributed by atoms with Crippen LogP contribution in [0.4, 0.5) is 8.78 Å². The molecule has 0 N–H and O–H groups in total. The third-order valence-electron chi connectivity index (χ3n) is 5.19.